The van der Waals surface area contributed by atoms with Crippen LogP contribution in [0.3, 0.4) is 0 Å². The number of unbranched alkanes of at least 4 members (excludes halogenated alkanes) is 1. The molecule has 1 aromatic heterocycles. The summed E-state index contributed by atoms with van der Waals surface area (Å²) in [5.74, 6) is 0.0589. The number of hydrogen-bond acceptors (Lipinski definition) is 10. The number of rotatable bonds is 12. The minimum Gasteiger partial charge on any atom is -0.392 e. The lowest BCUT2D eigenvalue weighted by Gasteiger charge is -2.36. The number of nitrogens with one attached hydrogen (secondary N) is 2. The van der Waals surface area contributed by atoms with Gasteiger partial charge in [-0.05, 0) is 43.0 Å². The van der Waals surface area contributed by atoms with Gasteiger partial charge in [-0.1, -0.05) is 59.5 Å². The number of carbonyl (C=O) groups is 2. The minimum atomic E-state index is -0.642. The average molecular weight is 573 g/mol. The van der Waals surface area contributed by atoms with E-state index in [9.17, 15) is 14.7 Å². The summed E-state index contributed by atoms with van der Waals surface area (Å²) in [7, 11) is 0. The summed E-state index contributed by atoms with van der Waals surface area (Å²) >= 11 is 3.16. The minimum absolute atomic E-state index is 0.0193. The third-order valence-electron chi connectivity index (χ3n) is 6.14. The number of aryl methyl sites for hydroxylation is 1. The number of amides is 2. The SMILES string of the molecule is Cc1nnc(SC[C@H]2C[C@@H](c3ccc(CO)cc3)O[C@@H](c3cccc(NC(=O)CCCCC(=O)NO)c3)O2)s1. The van der Waals surface area contributed by atoms with Crippen LogP contribution in [0, 0.1) is 6.92 Å². The molecular weight excluding hydrogens is 540 g/mol. The Morgan fingerprint density at radius 3 is 2.51 bits per heavy atom. The molecule has 0 radical (unpaired) electrons. The van der Waals surface area contributed by atoms with Crippen molar-refractivity contribution in [2.24, 2.45) is 0 Å². The van der Waals surface area contributed by atoms with Crippen molar-refractivity contribution in [3.63, 3.8) is 0 Å². The number of hydrogen-bond donors (Lipinski definition) is 4. The highest BCUT2D eigenvalue weighted by atomic mass is 32.2. The summed E-state index contributed by atoms with van der Waals surface area (Å²) in [6.07, 6.45) is 1.13. The number of thioether (sulfide) groups is 1. The average Bonchev–Trinajstić information content (AvgIpc) is 3.39. The summed E-state index contributed by atoms with van der Waals surface area (Å²) in [4.78, 5) is 23.5. The number of aromatic nitrogens is 2. The van der Waals surface area contributed by atoms with Crippen LogP contribution in [-0.2, 0) is 25.7 Å². The second kappa shape index (κ2) is 14.5. The number of benzene rings is 2. The largest absolute Gasteiger partial charge is 0.392 e. The van der Waals surface area contributed by atoms with E-state index in [1.165, 1.54) is 0 Å². The molecule has 4 N–H and O–H groups in total. The Labute approximate surface area is 235 Å². The lowest BCUT2D eigenvalue weighted by Crippen LogP contribution is -2.31. The molecule has 12 heteroatoms. The Morgan fingerprint density at radius 1 is 1.05 bits per heavy atom. The number of nitrogens with zero attached hydrogens (tertiary/aromatic N) is 2. The predicted octanol–water partition coefficient (Wildman–Crippen LogP) is 4.68. The van der Waals surface area contributed by atoms with Crippen LogP contribution >= 0.6 is 23.1 Å². The van der Waals surface area contributed by atoms with Gasteiger partial charge >= 0.3 is 0 Å². The zero-order chi connectivity index (χ0) is 27.6. The molecular formula is C27H32N4O6S2. The van der Waals surface area contributed by atoms with Crippen LogP contribution in [0.5, 0.6) is 0 Å². The molecule has 208 valence electrons. The zero-order valence-corrected chi connectivity index (χ0v) is 23.2. The van der Waals surface area contributed by atoms with Gasteiger partial charge in [-0.25, -0.2) is 5.48 Å². The fourth-order valence-electron chi connectivity index (χ4n) is 4.14. The van der Waals surface area contributed by atoms with Gasteiger partial charge in [0.25, 0.3) is 0 Å². The molecule has 2 heterocycles. The molecule has 10 nitrogen and oxygen atoms in total. The van der Waals surface area contributed by atoms with Crippen molar-refractivity contribution < 1.29 is 29.4 Å². The van der Waals surface area contributed by atoms with Crippen LogP contribution in [0.25, 0.3) is 0 Å². The van der Waals surface area contributed by atoms with E-state index in [1.807, 2.05) is 49.4 Å². The standard InChI is InChI=1S/C27H32N4O6S2/c1-17-29-30-27(39-17)38-16-22-14-23(19-11-9-18(15-32)10-12-19)37-26(36-22)20-5-4-6-21(13-20)28-24(33)7-2-3-8-25(34)31-35/h4-6,9-13,22-23,26,32,35H,2-3,7-8,14-16H2,1H3,(H,28,33)(H,31,34)/t22-,23+,26+/m1/s1. The molecule has 3 atom stereocenters. The Morgan fingerprint density at radius 2 is 1.82 bits per heavy atom. The maximum Gasteiger partial charge on any atom is 0.243 e. The fourth-order valence-corrected chi connectivity index (χ4v) is 6.00. The number of carbonyl (C=O) groups excluding carboxylic acids is 2. The number of hydroxylamine groups is 1. The van der Waals surface area contributed by atoms with Gasteiger partial charge in [0, 0.05) is 36.3 Å². The molecule has 1 aliphatic heterocycles. The molecule has 0 saturated carbocycles. The number of aliphatic hydroxyl groups is 1. The first-order valence-electron chi connectivity index (χ1n) is 12.7. The van der Waals surface area contributed by atoms with Crippen molar-refractivity contribution in [2.75, 3.05) is 11.1 Å². The van der Waals surface area contributed by atoms with Gasteiger partial charge < -0.3 is 19.9 Å². The van der Waals surface area contributed by atoms with Crippen LogP contribution in [0.1, 0.15) is 66.2 Å². The van der Waals surface area contributed by atoms with Crippen molar-refractivity contribution in [2.45, 2.75) is 68.5 Å². The first kappa shape index (κ1) is 29.1. The molecule has 2 aromatic carbocycles. The molecule has 3 aromatic rings. The van der Waals surface area contributed by atoms with Gasteiger partial charge in [0.1, 0.15) is 5.01 Å². The van der Waals surface area contributed by atoms with Crippen LogP contribution in [0.15, 0.2) is 52.9 Å². The summed E-state index contributed by atoms with van der Waals surface area (Å²) in [6, 6.07) is 15.1. The Balaban J connectivity index is 1.43. The van der Waals surface area contributed by atoms with Crippen molar-refractivity contribution in [1.29, 1.82) is 0 Å². The van der Waals surface area contributed by atoms with E-state index in [2.05, 4.69) is 15.5 Å². The van der Waals surface area contributed by atoms with E-state index in [0.29, 0.717) is 30.7 Å². The molecule has 0 spiro atoms. The topological polar surface area (TPSA) is 143 Å². The molecule has 1 saturated heterocycles. The summed E-state index contributed by atoms with van der Waals surface area (Å²) in [5, 5.41) is 30.1. The molecule has 1 fully saturated rings. The number of aliphatic hydroxyl groups excluding tert-OH is 1. The van der Waals surface area contributed by atoms with Gasteiger partial charge in [0.15, 0.2) is 10.6 Å². The first-order valence-corrected chi connectivity index (χ1v) is 14.5. The van der Waals surface area contributed by atoms with Crippen molar-refractivity contribution >= 4 is 40.6 Å². The highest BCUT2D eigenvalue weighted by Gasteiger charge is 2.32. The molecule has 0 unspecified atom stereocenters. The van der Waals surface area contributed by atoms with Crippen LogP contribution in [0.2, 0.25) is 0 Å². The van der Waals surface area contributed by atoms with E-state index in [1.54, 1.807) is 34.6 Å². The van der Waals surface area contributed by atoms with E-state index in [4.69, 9.17) is 14.7 Å². The maximum atomic E-state index is 12.4. The first-order chi connectivity index (χ1) is 18.9. The summed E-state index contributed by atoms with van der Waals surface area (Å²) < 4.78 is 13.7. The van der Waals surface area contributed by atoms with Gasteiger partial charge in [-0.15, -0.1) is 10.2 Å². The summed E-state index contributed by atoms with van der Waals surface area (Å²) in [6.45, 7) is 1.91. The Kier molecular flexibility index (Phi) is 10.8. The quantitative estimate of drug-likeness (QED) is 0.105. The van der Waals surface area contributed by atoms with E-state index < -0.39 is 12.2 Å². The van der Waals surface area contributed by atoms with Crippen molar-refractivity contribution in [3.8, 4) is 0 Å². The molecule has 0 bridgehead atoms. The molecule has 4 rings (SSSR count). The third kappa shape index (κ3) is 8.82. The predicted molar refractivity (Wildman–Crippen MR) is 147 cm³/mol. The van der Waals surface area contributed by atoms with Crippen molar-refractivity contribution in [1.82, 2.24) is 15.7 Å². The van der Waals surface area contributed by atoms with Gasteiger partial charge in [-0.3, -0.25) is 14.8 Å². The normalized spacial score (nSPS) is 19.0. The number of anilines is 1. The highest BCUT2D eigenvalue weighted by molar-refractivity contribution is 8.01. The third-order valence-corrected chi connectivity index (χ3v) is 8.24. The van der Waals surface area contributed by atoms with Crippen molar-refractivity contribution in [3.05, 3.63) is 70.2 Å². The molecule has 1 aliphatic rings. The van der Waals surface area contributed by atoms with Gasteiger partial charge in [-0.2, -0.15) is 0 Å². The zero-order valence-electron chi connectivity index (χ0n) is 21.5. The fraction of sp³-hybridized carbons (Fsp3) is 0.407. The Bertz CT molecular complexity index is 1240. The highest BCUT2D eigenvalue weighted by Crippen LogP contribution is 2.40. The Hall–Kier alpha value is -2.87. The van der Waals surface area contributed by atoms with E-state index in [-0.39, 0.29) is 37.6 Å². The van der Waals surface area contributed by atoms with Crippen LogP contribution < -0.4 is 10.8 Å². The molecule has 2 amide bonds. The van der Waals surface area contributed by atoms with Crippen LogP contribution in [-0.4, -0.2) is 44.2 Å². The van der Waals surface area contributed by atoms with Crippen LogP contribution in [0.4, 0.5) is 5.69 Å². The second-order valence-electron chi connectivity index (χ2n) is 9.16. The molecule has 39 heavy (non-hydrogen) atoms. The monoisotopic (exact) mass is 572 g/mol. The van der Waals surface area contributed by atoms with E-state index >= 15 is 0 Å². The summed E-state index contributed by atoms with van der Waals surface area (Å²) in [5.41, 5.74) is 4.84. The lowest BCUT2D eigenvalue weighted by atomic mass is 10.0. The van der Waals surface area contributed by atoms with Gasteiger partial charge in [0.2, 0.25) is 11.8 Å². The smallest absolute Gasteiger partial charge is 0.243 e. The van der Waals surface area contributed by atoms with E-state index in [0.717, 1.165) is 26.0 Å². The lowest BCUT2D eigenvalue weighted by molar-refractivity contribution is -0.245. The number of ether oxygens (including phenoxy) is 2. The maximum absolute atomic E-state index is 12.4. The molecule has 0 aliphatic carbocycles. The second-order valence-corrected chi connectivity index (χ2v) is 11.6. The van der Waals surface area contributed by atoms with Gasteiger partial charge in [0.05, 0.1) is 18.8 Å².